The third-order valence-electron chi connectivity index (χ3n) is 4.71. The molecule has 0 spiro atoms. The molecule has 28 heavy (non-hydrogen) atoms. The molecule has 4 rings (SSSR count). The fraction of sp³-hybridized carbons (Fsp3) is 0.300. The SMILES string of the molecule is N#Cc1cccnc1N1CCCN(Cc2nnc(-c3ccc(Br)cc3)o2)CC1. The summed E-state index contributed by atoms with van der Waals surface area (Å²) in [6.07, 6.45) is 2.72. The van der Waals surface area contributed by atoms with E-state index in [4.69, 9.17) is 4.42 Å². The van der Waals surface area contributed by atoms with Gasteiger partial charge < -0.3 is 9.32 Å². The number of aromatic nitrogens is 3. The number of halogens is 1. The van der Waals surface area contributed by atoms with E-state index in [1.165, 1.54) is 0 Å². The van der Waals surface area contributed by atoms with Crippen molar-refractivity contribution in [2.45, 2.75) is 13.0 Å². The maximum atomic E-state index is 9.32. The molecule has 142 valence electrons. The Kier molecular flexibility index (Phi) is 5.65. The summed E-state index contributed by atoms with van der Waals surface area (Å²) in [6.45, 7) is 4.07. The van der Waals surface area contributed by atoms with Crippen LogP contribution in [0.1, 0.15) is 17.9 Å². The Morgan fingerprint density at radius 2 is 1.93 bits per heavy atom. The summed E-state index contributed by atoms with van der Waals surface area (Å²) >= 11 is 3.43. The van der Waals surface area contributed by atoms with Crippen LogP contribution in [0.4, 0.5) is 5.82 Å². The standard InChI is InChI=1S/C20H19BrN6O/c21-17-6-4-15(5-7-17)20-25-24-18(28-20)14-26-9-2-10-27(12-11-26)19-16(13-22)3-1-8-23-19/h1,3-8H,2,9-12,14H2. The molecule has 1 aromatic carbocycles. The second kappa shape index (κ2) is 8.50. The lowest BCUT2D eigenvalue weighted by atomic mass is 10.2. The number of rotatable bonds is 4. The Bertz CT molecular complexity index is 981. The number of benzene rings is 1. The minimum absolute atomic E-state index is 0.533. The minimum Gasteiger partial charge on any atom is -0.419 e. The van der Waals surface area contributed by atoms with Gasteiger partial charge in [-0.25, -0.2) is 4.98 Å². The van der Waals surface area contributed by atoms with E-state index in [2.05, 4.69) is 47.0 Å². The number of pyridine rings is 1. The van der Waals surface area contributed by atoms with Crippen molar-refractivity contribution in [2.75, 3.05) is 31.1 Å². The highest BCUT2D eigenvalue weighted by Gasteiger charge is 2.20. The Morgan fingerprint density at radius 1 is 1.07 bits per heavy atom. The molecule has 1 aliphatic rings. The van der Waals surface area contributed by atoms with Crippen LogP contribution < -0.4 is 4.90 Å². The maximum absolute atomic E-state index is 9.32. The van der Waals surface area contributed by atoms with Crippen molar-refractivity contribution >= 4 is 21.7 Å². The van der Waals surface area contributed by atoms with Gasteiger partial charge in [-0.05, 0) is 42.8 Å². The molecular weight excluding hydrogens is 420 g/mol. The van der Waals surface area contributed by atoms with Crippen molar-refractivity contribution in [1.29, 1.82) is 5.26 Å². The lowest BCUT2D eigenvalue weighted by molar-refractivity contribution is 0.256. The monoisotopic (exact) mass is 438 g/mol. The quantitative estimate of drug-likeness (QED) is 0.616. The van der Waals surface area contributed by atoms with E-state index in [0.29, 0.717) is 23.9 Å². The summed E-state index contributed by atoms with van der Waals surface area (Å²) in [7, 11) is 0. The molecule has 2 aromatic heterocycles. The highest BCUT2D eigenvalue weighted by molar-refractivity contribution is 9.10. The Balaban J connectivity index is 1.40. The second-order valence-electron chi connectivity index (χ2n) is 6.61. The van der Waals surface area contributed by atoms with Gasteiger partial charge in [0.2, 0.25) is 11.8 Å². The fourth-order valence-electron chi connectivity index (χ4n) is 3.29. The highest BCUT2D eigenvalue weighted by atomic mass is 79.9. The van der Waals surface area contributed by atoms with E-state index >= 15 is 0 Å². The first-order valence-corrected chi connectivity index (χ1v) is 9.93. The molecule has 0 N–H and O–H groups in total. The maximum Gasteiger partial charge on any atom is 0.247 e. The van der Waals surface area contributed by atoms with Gasteiger partial charge >= 0.3 is 0 Å². The van der Waals surface area contributed by atoms with Gasteiger partial charge in [-0.15, -0.1) is 10.2 Å². The first kappa shape index (κ1) is 18.6. The summed E-state index contributed by atoms with van der Waals surface area (Å²) in [6, 6.07) is 13.6. The van der Waals surface area contributed by atoms with Gasteiger partial charge in [0.1, 0.15) is 11.9 Å². The normalized spacial score (nSPS) is 15.2. The molecule has 0 atom stereocenters. The van der Waals surface area contributed by atoms with E-state index in [1.807, 2.05) is 30.3 Å². The van der Waals surface area contributed by atoms with E-state index in [-0.39, 0.29) is 0 Å². The molecule has 3 aromatic rings. The molecule has 0 bridgehead atoms. The van der Waals surface area contributed by atoms with Gasteiger partial charge in [-0.1, -0.05) is 15.9 Å². The summed E-state index contributed by atoms with van der Waals surface area (Å²) in [5.74, 6) is 1.91. The first-order valence-electron chi connectivity index (χ1n) is 9.13. The van der Waals surface area contributed by atoms with E-state index in [1.54, 1.807) is 12.3 Å². The molecule has 1 fully saturated rings. The van der Waals surface area contributed by atoms with Gasteiger partial charge in [0, 0.05) is 42.4 Å². The van der Waals surface area contributed by atoms with Crippen LogP contribution in [0.15, 0.2) is 51.5 Å². The Morgan fingerprint density at radius 3 is 2.75 bits per heavy atom. The molecule has 1 aliphatic heterocycles. The predicted octanol–water partition coefficient (Wildman–Crippen LogP) is 3.48. The van der Waals surface area contributed by atoms with Crippen LogP contribution in [0.5, 0.6) is 0 Å². The first-order chi connectivity index (χ1) is 13.7. The zero-order valence-corrected chi connectivity index (χ0v) is 16.8. The summed E-state index contributed by atoms with van der Waals surface area (Å²) < 4.78 is 6.86. The molecule has 0 saturated carbocycles. The average molecular weight is 439 g/mol. The van der Waals surface area contributed by atoms with Crippen molar-refractivity contribution < 1.29 is 4.42 Å². The van der Waals surface area contributed by atoms with Crippen molar-refractivity contribution in [3.8, 4) is 17.5 Å². The molecule has 8 heteroatoms. The number of hydrogen-bond acceptors (Lipinski definition) is 7. The third kappa shape index (κ3) is 4.21. The van der Waals surface area contributed by atoms with Crippen LogP contribution in [-0.2, 0) is 6.54 Å². The van der Waals surface area contributed by atoms with Crippen molar-refractivity contribution in [3.63, 3.8) is 0 Å². The zero-order chi connectivity index (χ0) is 19.3. The molecule has 1 saturated heterocycles. The lowest BCUT2D eigenvalue weighted by Gasteiger charge is -2.22. The van der Waals surface area contributed by atoms with E-state index in [0.717, 1.165) is 48.5 Å². The summed E-state index contributed by atoms with van der Waals surface area (Å²) in [5.41, 5.74) is 1.52. The van der Waals surface area contributed by atoms with E-state index in [9.17, 15) is 5.26 Å². The Hall–Kier alpha value is -2.76. The van der Waals surface area contributed by atoms with Crippen LogP contribution in [-0.4, -0.2) is 46.3 Å². The summed E-state index contributed by atoms with van der Waals surface area (Å²) in [4.78, 5) is 8.89. The van der Waals surface area contributed by atoms with Crippen LogP contribution >= 0.6 is 15.9 Å². The third-order valence-corrected chi connectivity index (χ3v) is 5.24. The number of nitrogens with zero attached hydrogens (tertiary/aromatic N) is 6. The van der Waals surface area contributed by atoms with Crippen molar-refractivity contribution in [1.82, 2.24) is 20.1 Å². The molecule has 7 nitrogen and oxygen atoms in total. The molecule has 0 radical (unpaired) electrons. The molecule has 0 amide bonds. The van der Waals surface area contributed by atoms with Gasteiger partial charge in [0.15, 0.2) is 0 Å². The van der Waals surface area contributed by atoms with Crippen LogP contribution in [0.3, 0.4) is 0 Å². The van der Waals surface area contributed by atoms with Gasteiger partial charge in [0.05, 0.1) is 12.1 Å². The zero-order valence-electron chi connectivity index (χ0n) is 15.3. The number of anilines is 1. The number of hydrogen-bond donors (Lipinski definition) is 0. The van der Waals surface area contributed by atoms with E-state index < -0.39 is 0 Å². The molecule has 3 heterocycles. The minimum atomic E-state index is 0.533. The lowest BCUT2D eigenvalue weighted by Crippen LogP contribution is -2.31. The largest absolute Gasteiger partial charge is 0.419 e. The average Bonchev–Trinajstić information content (AvgIpc) is 3.06. The highest BCUT2D eigenvalue weighted by Crippen LogP contribution is 2.22. The second-order valence-corrected chi connectivity index (χ2v) is 7.53. The van der Waals surface area contributed by atoms with Gasteiger partial charge in [0.25, 0.3) is 0 Å². The van der Waals surface area contributed by atoms with Gasteiger partial charge in [-0.3, -0.25) is 4.90 Å². The Labute approximate surface area is 171 Å². The fourth-order valence-corrected chi connectivity index (χ4v) is 3.56. The van der Waals surface area contributed by atoms with Crippen LogP contribution in [0.25, 0.3) is 11.5 Å². The topological polar surface area (TPSA) is 82.1 Å². The smallest absolute Gasteiger partial charge is 0.247 e. The van der Waals surface area contributed by atoms with Crippen LogP contribution in [0.2, 0.25) is 0 Å². The summed E-state index contributed by atoms with van der Waals surface area (Å²) in [5, 5.41) is 17.7. The predicted molar refractivity (Wildman–Crippen MR) is 108 cm³/mol. The molecular formula is C20H19BrN6O. The van der Waals surface area contributed by atoms with Crippen molar-refractivity contribution in [2.24, 2.45) is 0 Å². The molecule has 0 aliphatic carbocycles. The number of nitriles is 1. The van der Waals surface area contributed by atoms with Crippen LogP contribution in [0, 0.1) is 11.3 Å². The van der Waals surface area contributed by atoms with Gasteiger partial charge in [-0.2, -0.15) is 5.26 Å². The van der Waals surface area contributed by atoms with Crippen molar-refractivity contribution in [3.05, 3.63) is 58.5 Å². The molecule has 0 unspecified atom stereocenters.